The lowest BCUT2D eigenvalue weighted by Crippen LogP contribution is -2.53. The van der Waals surface area contributed by atoms with Crippen molar-refractivity contribution in [3.63, 3.8) is 0 Å². The Morgan fingerprint density at radius 3 is 2.32 bits per heavy atom. The predicted molar refractivity (Wildman–Crippen MR) is 187 cm³/mol. The summed E-state index contributed by atoms with van der Waals surface area (Å²) in [5, 5.41) is 5.77. The number of anilines is 1. The fraction of sp³-hybridized carbons (Fsp3) is 0.513. The topological polar surface area (TPSA) is 134 Å². The molecule has 0 aromatic heterocycles. The van der Waals surface area contributed by atoms with Gasteiger partial charge in [0.2, 0.25) is 11.8 Å². The number of hydrogen-bond acceptors (Lipinski definition) is 7. The molecule has 5 atom stereocenters. The second kappa shape index (κ2) is 14.7. The van der Waals surface area contributed by atoms with Crippen LogP contribution in [0.15, 0.2) is 66.7 Å². The number of fused-ring (bicyclic) bond motifs is 3. The van der Waals surface area contributed by atoms with Crippen LogP contribution in [0.2, 0.25) is 0 Å². The first-order chi connectivity index (χ1) is 23.9. The molecule has 2 aromatic carbocycles. The third-order valence-electron chi connectivity index (χ3n) is 10.1. The molecule has 1 saturated carbocycles. The van der Waals surface area contributed by atoms with Crippen LogP contribution in [-0.2, 0) is 36.9 Å². The van der Waals surface area contributed by atoms with E-state index in [0.29, 0.717) is 38.0 Å². The third-order valence-corrected chi connectivity index (χ3v) is 10.1. The van der Waals surface area contributed by atoms with Gasteiger partial charge in [-0.3, -0.25) is 19.3 Å². The van der Waals surface area contributed by atoms with Gasteiger partial charge in [-0.15, -0.1) is 0 Å². The number of carbonyl (C=O) groups excluding carboxylic acids is 5. The van der Waals surface area contributed by atoms with Crippen LogP contribution >= 0.6 is 0 Å². The van der Waals surface area contributed by atoms with Crippen LogP contribution in [0.1, 0.15) is 83.3 Å². The van der Waals surface area contributed by atoms with Gasteiger partial charge in [0.25, 0.3) is 0 Å². The summed E-state index contributed by atoms with van der Waals surface area (Å²) in [6, 6.07) is 15.1. The smallest absolute Gasteiger partial charge is 0.410 e. The van der Waals surface area contributed by atoms with E-state index in [1.54, 1.807) is 25.7 Å². The lowest BCUT2D eigenvalue weighted by Gasteiger charge is -2.30. The van der Waals surface area contributed by atoms with Crippen LogP contribution in [0.3, 0.4) is 0 Å². The van der Waals surface area contributed by atoms with Crippen molar-refractivity contribution >= 4 is 35.5 Å². The second-order valence-electron chi connectivity index (χ2n) is 15.1. The van der Waals surface area contributed by atoms with Gasteiger partial charge in [0.1, 0.15) is 17.7 Å². The molecule has 11 heteroatoms. The van der Waals surface area contributed by atoms with E-state index in [-0.39, 0.29) is 37.0 Å². The number of ketones is 1. The van der Waals surface area contributed by atoms with Crippen molar-refractivity contribution in [2.24, 2.45) is 11.3 Å². The van der Waals surface area contributed by atoms with Gasteiger partial charge >= 0.3 is 12.2 Å². The number of nitrogens with one attached hydrogen (secondary N) is 2. The molecule has 3 heterocycles. The second-order valence-corrected chi connectivity index (χ2v) is 15.1. The first-order valence-electron chi connectivity index (χ1n) is 17.8. The highest BCUT2D eigenvalue weighted by atomic mass is 16.6. The summed E-state index contributed by atoms with van der Waals surface area (Å²) in [7, 11) is 0. The summed E-state index contributed by atoms with van der Waals surface area (Å²) in [5.41, 5.74) is 1.03. The molecule has 1 saturated heterocycles. The fourth-order valence-corrected chi connectivity index (χ4v) is 7.40. The third kappa shape index (κ3) is 8.20. The van der Waals surface area contributed by atoms with E-state index < -0.39 is 47.3 Å². The molecule has 0 bridgehead atoms. The number of carbonyl (C=O) groups is 5. The van der Waals surface area contributed by atoms with Gasteiger partial charge in [0.15, 0.2) is 5.78 Å². The average molecular weight is 685 g/mol. The van der Waals surface area contributed by atoms with Crippen LogP contribution in [0.5, 0.6) is 0 Å². The number of para-hydroxylation sites is 1. The molecule has 1 aliphatic carbocycles. The number of allylic oxidation sites excluding steroid dienone is 2. The lowest BCUT2D eigenvalue weighted by atomic mass is 9.90. The van der Waals surface area contributed by atoms with Gasteiger partial charge in [-0.2, -0.15) is 0 Å². The predicted octanol–water partition coefficient (Wildman–Crippen LogP) is 6.13. The largest absolute Gasteiger partial charge is 0.444 e. The SMILES string of the molecule is CC(C)(C)OC(=O)N[C@H]1CCCCC/C=C\[C@@H]2C[C@@]2(C(=O)Nc2ccccc2)CC(=O)[C@@H]2C[C@@H](OC(=O)N3Cc4ccccc4C3)CN2C1=O. The number of nitrogens with zero attached hydrogens (tertiary/aromatic N) is 2. The molecule has 11 nitrogen and oxygen atoms in total. The summed E-state index contributed by atoms with van der Waals surface area (Å²) in [4.78, 5) is 71.9. The zero-order valence-electron chi connectivity index (χ0n) is 29.2. The molecule has 6 rings (SSSR count). The van der Waals surface area contributed by atoms with Crippen LogP contribution < -0.4 is 10.6 Å². The fourth-order valence-electron chi connectivity index (χ4n) is 7.40. The molecular formula is C39H48N4O7. The molecule has 2 N–H and O–H groups in total. The van der Waals surface area contributed by atoms with Crippen molar-refractivity contribution in [1.29, 1.82) is 0 Å². The lowest BCUT2D eigenvalue weighted by molar-refractivity contribution is -0.140. The Morgan fingerprint density at radius 1 is 0.920 bits per heavy atom. The van der Waals surface area contributed by atoms with E-state index in [2.05, 4.69) is 22.8 Å². The summed E-state index contributed by atoms with van der Waals surface area (Å²) in [5.74, 6) is -1.04. The number of Topliss-reactive ketones (excluding diaryl/α,β-unsaturated/α-hetero) is 1. The number of alkyl carbamates (subject to hydrolysis) is 1. The molecule has 2 aromatic rings. The normalized spacial score (nSPS) is 27.5. The number of rotatable bonds is 4. The van der Waals surface area contributed by atoms with Crippen LogP contribution in [0.25, 0.3) is 0 Å². The number of benzene rings is 2. The minimum atomic E-state index is -0.956. The highest BCUT2D eigenvalue weighted by molar-refractivity contribution is 6.02. The van der Waals surface area contributed by atoms with Crippen molar-refractivity contribution in [1.82, 2.24) is 15.1 Å². The molecule has 50 heavy (non-hydrogen) atoms. The van der Waals surface area contributed by atoms with Crippen molar-refractivity contribution in [2.45, 2.75) is 109 Å². The minimum Gasteiger partial charge on any atom is -0.444 e. The van der Waals surface area contributed by atoms with E-state index >= 15 is 0 Å². The molecular weight excluding hydrogens is 636 g/mol. The Bertz CT molecular complexity index is 1610. The van der Waals surface area contributed by atoms with Crippen LogP contribution in [-0.4, -0.2) is 69.9 Å². The van der Waals surface area contributed by atoms with Gasteiger partial charge in [-0.25, -0.2) is 9.59 Å². The van der Waals surface area contributed by atoms with Crippen molar-refractivity contribution in [2.75, 3.05) is 11.9 Å². The van der Waals surface area contributed by atoms with Gasteiger partial charge in [0, 0.05) is 31.6 Å². The van der Waals surface area contributed by atoms with E-state index in [1.165, 1.54) is 4.90 Å². The highest BCUT2D eigenvalue weighted by Gasteiger charge is 2.60. The van der Waals surface area contributed by atoms with E-state index in [9.17, 15) is 24.0 Å². The first-order valence-corrected chi connectivity index (χ1v) is 17.8. The van der Waals surface area contributed by atoms with Gasteiger partial charge in [-0.05, 0) is 75.6 Å². The minimum absolute atomic E-state index is 0.000804. The number of ether oxygens (including phenoxy) is 2. The molecule has 0 radical (unpaired) electrons. The zero-order valence-corrected chi connectivity index (χ0v) is 29.2. The van der Waals surface area contributed by atoms with Gasteiger partial charge < -0.3 is 25.0 Å². The van der Waals surface area contributed by atoms with Crippen LogP contribution in [0, 0.1) is 11.3 Å². The number of amides is 4. The summed E-state index contributed by atoms with van der Waals surface area (Å²) < 4.78 is 11.5. The van der Waals surface area contributed by atoms with Crippen LogP contribution in [0.4, 0.5) is 15.3 Å². The first kappa shape index (κ1) is 35.2. The molecule has 4 amide bonds. The van der Waals surface area contributed by atoms with E-state index in [1.807, 2.05) is 54.6 Å². The maximum atomic E-state index is 14.4. The molecule has 2 fully saturated rings. The Balaban J connectivity index is 1.25. The Labute approximate surface area is 293 Å². The van der Waals surface area contributed by atoms with Crippen molar-refractivity contribution in [3.05, 3.63) is 77.9 Å². The standard InChI is InChI=1S/C39H48N4O7/c1-38(2,3)50-36(47)41-31-19-11-6-4-5-8-16-28-21-39(28,35(46)40-29-17-9-7-10-18-29)22-33(44)32-20-30(25-43(32)34(31)45)49-37(48)42-23-26-14-12-13-15-27(26)24-42/h7-10,12-18,28,30-32H,4-6,11,19-25H2,1-3H3,(H,40,46)(H,41,47)/b16-8-/t28-,30-,31+,32+,39-/m1/s1. The summed E-state index contributed by atoms with van der Waals surface area (Å²) in [6.45, 7) is 6.09. The number of hydrogen-bond donors (Lipinski definition) is 2. The molecule has 0 unspecified atom stereocenters. The van der Waals surface area contributed by atoms with Gasteiger partial charge in [-0.1, -0.05) is 67.5 Å². The molecule has 0 spiro atoms. The Hall–Kier alpha value is -4.67. The van der Waals surface area contributed by atoms with Crippen molar-refractivity contribution in [3.8, 4) is 0 Å². The van der Waals surface area contributed by atoms with Crippen molar-refractivity contribution < 1.29 is 33.4 Å². The Kier molecular flexibility index (Phi) is 10.3. The average Bonchev–Trinajstić information content (AvgIpc) is 3.37. The highest BCUT2D eigenvalue weighted by Crippen LogP contribution is 2.57. The molecule has 266 valence electrons. The maximum absolute atomic E-state index is 14.4. The quantitative estimate of drug-likeness (QED) is 0.371. The van der Waals surface area contributed by atoms with E-state index in [4.69, 9.17) is 9.47 Å². The maximum Gasteiger partial charge on any atom is 0.410 e. The monoisotopic (exact) mass is 684 g/mol. The molecule has 4 aliphatic rings. The van der Waals surface area contributed by atoms with E-state index in [0.717, 1.165) is 30.4 Å². The summed E-state index contributed by atoms with van der Waals surface area (Å²) >= 11 is 0. The van der Waals surface area contributed by atoms with Gasteiger partial charge in [0.05, 0.1) is 18.0 Å². The Morgan fingerprint density at radius 2 is 1.62 bits per heavy atom. The summed E-state index contributed by atoms with van der Waals surface area (Å²) in [6.07, 6.45) is 6.28. The zero-order chi connectivity index (χ0) is 35.5. The molecule has 3 aliphatic heterocycles.